The Morgan fingerprint density at radius 3 is 2.85 bits per heavy atom. The van der Waals surface area contributed by atoms with Gasteiger partial charge in [0.25, 0.3) is 0 Å². The molecule has 0 aliphatic rings. The number of rotatable bonds is 5. The van der Waals surface area contributed by atoms with Crippen molar-refractivity contribution in [3.05, 3.63) is 64.6 Å². The van der Waals surface area contributed by atoms with E-state index in [2.05, 4.69) is 20.0 Å². The van der Waals surface area contributed by atoms with E-state index in [4.69, 9.17) is 5.26 Å². The SMILES string of the molecule is N#Cc1cccc(S(=O)(=O)NCc2nnc3ccc(-c4ccsc4)nn23)c1. The van der Waals surface area contributed by atoms with E-state index < -0.39 is 10.0 Å². The number of nitrogens with one attached hydrogen (secondary N) is 1. The summed E-state index contributed by atoms with van der Waals surface area (Å²) < 4.78 is 29.0. The van der Waals surface area contributed by atoms with Crippen molar-refractivity contribution < 1.29 is 8.42 Å². The third kappa shape index (κ3) is 3.43. The molecule has 0 fully saturated rings. The van der Waals surface area contributed by atoms with Gasteiger partial charge in [-0.3, -0.25) is 0 Å². The number of aromatic nitrogens is 4. The van der Waals surface area contributed by atoms with Gasteiger partial charge in [0.05, 0.1) is 28.8 Å². The van der Waals surface area contributed by atoms with Crippen LogP contribution in [0.3, 0.4) is 0 Å². The van der Waals surface area contributed by atoms with Crippen LogP contribution in [-0.2, 0) is 16.6 Å². The van der Waals surface area contributed by atoms with Crippen molar-refractivity contribution in [2.45, 2.75) is 11.4 Å². The first-order valence-electron chi connectivity index (χ1n) is 7.80. The Hall–Kier alpha value is -3.13. The number of hydrogen-bond acceptors (Lipinski definition) is 7. The lowest BCUT2D eigenvalue weighted by Gasteiger charge is -2.06. The van der Waals surface area contributed by atoms with Gasteiger partial charge in [0.1, 0.15) is 0 Å². The molecule has 1 aromatic carbocycles. The first-order chi connectivity index (χ1) is 13.1. The third-order valence-electron chi connectivity index (χ3n) is 3.84. The maximum Gasteiger partial charge on any atom is 0.241 e. The summed E-state index contributed by atoms with van der Waals surface area (Å²) in [5.74, 6) is 0.363. The van der Waals surface area contributed by atoms with Crippen molar-refractivity contribution >= 4 is 27.0 Å². The quantitative estimate of drug-likeness (QED) is 0.553. The average molecular weight is 396 g/mol. The van der Waals surface area contributed by atoms with E-state index in [1.165, 1.54) is 22.7 Å². The van der Waals surface area contributed by atoms with Gasteiger partial charge in [0.15, 0.2) is 11.5 Å². The maximum atomic E-state index is 12.5. The summed E-state index contributed by atoms with van der Waals surface area (Å²) in [6.07, 6.45) is 0. The van der Waals surface area contributed by atoms with Crippen LogP contribution >= 0.6 is 11.3 Å². The molecule has 0 radical (unpaired) electrons. The standard InChI is InChI=1S/C17H12N6O2S2/c18-9-12-2-1-3-14(8-12)27(24,25)19-10-17-21-20-16-5-4-15(22-23(16)17)13-6-7-26-11-13/h1-8,11,19H,10H2. The molecule has 0 aliphatic carbocycles. The van der Waals surface area contributed by atoms with Crippen molar-refractivity contribution in [1.82, 2.24) is 24.5 Å². The summed E-state index contributed by atoms with van der Waals surface area (Å²) in [7, 11) is -3.80. The molecular formula is C17H12N6O2S2. The highest BCUT2D eigenvalue weighted by atomic mass is 32.2. The molecule has 3 heterocycles. The highest BCUT2D eigenvalue weighted by Gasteiger charge is 2.17. The van der Waals surface area contributed by atoms with Gasteiger partial charge in [-0.05, 0) is 41.8 Å². The lowest BCUT2D eigenvalue weighted by atomic mass is 10.2. The first kappa shape index (κ1) is 17.3. The summed E-state index contributed by atoms with van der Waals surface area (Å²) in [6.45, 7) is -0.0830. The van der Waals surface area contributed by atoms with Crippen molar-refractivity contribution in [2.24, 2.45) is 0 Å². The summed E-state index contributed by atoms with van der Waals surface area (Å²) in [5.41, 5.74) is 2.51. The van der Waals surface area contributed by atoms with Crippen LogP contribution in [0, 0.1) is 11.3 Å². The van der Waals surface area contributed by atoms with E-state index in [0.717, 1.165) is 11.3 Å². The van der Waals surface area contributed by atoms with E-state index in [-0.39, 0.29) is 17.0 Å². The Balaban J connectivity index is 1.62. The summed E-state index contributed by atoms with van der Waals surface area (Å²) in [5, 5.41) is 25.4. The molecule has 0 amide bonds. The van der Waals surface area contributed by atoms with Gasteiger partial charge in [0.2, 0.25) is 10.0 Å². The van der Waals surface area contributed by atoms with E-state index in [9.17, 15) is 8.42 Å². The number of benzene rings is 1. The van der Waals surface area contributed by atoms with Gasteiger partial charge >= 0.3 is 0 Å². The maximum absolute atomic E-state index is 12.5. The topological polar surface area (TPSA) is 113 Å². The zero-order chi connectivity index (χ0) is 18.9. The Labute approximate surface area is 158 Å². The Morgan fingerprint density at radius 1 is 1.19 bits per heavy atom. The molecule has 10 heteroatoms. The minimum absolute atomic E-state index is 0.0160. The fourth-order valence-electron chi connectivity index (χ4n) is 2.48. The van der Waals surface area contributed by atoms with Gasteiger partial charge in [-0.25, -0.2) is 13.1 Å². The monoisotopic (exact) mass is 396 g/mol. The molecular weight excluding hydrogens is 384 g/mol. The van der Waals surface area contributed by atoms with Crippen LogP contribution in [-0.4, -0.2) is 28.2 Å². The van der Waals surface area contributed by atoms with Crippen LogP contribution in [0.1, 0.15) is 11.4 Å². The second kappa shape index (κ2) is 6.88. The molecule has 0 saturated carbocycles. The minimum Gasteiger partial charge on any atom is -0.207 e. The van der Waals surface area contributed by atoms with Crippen LogP contribution in [0.15, 0.2) is 58.1 Å². The lowest BCUT2D eigenvalue weighted by Crippen LogP contribution is -2.24. The Kier molecular flexibility index (Phi) is 4.41. The van der Waals surface area contributed by atoms with Gasteiger partial charge in [-0.15, -0.1) is 10.2 Å². The van der Waals surface area contributed by atoms with Gasteiger partial charge in [-0.2, -0.15) is 26.2 Å². The Bertz CT molecular complexity index is 1260. The first-order valence-corrected chi connectivity index (χ1v) is 10.2. The normalized spacial score (nSPS) is 11.5. The van der Waals surface area contributed by atoms with Crippen molar-refractivity contribution in [3.63, 3.8) is 0 Å². The number of sulfonamides is 1. The largest absolute Gasteiger partial charge is 0.241 e. The third-order valence-corrected chi connectivity index (χ3v) is 5.92. The zero-order valence-electron chi connectivity index (χ0n) is 13.8. The average Bonchev–Trinajstić information content (AvgIpc) is 3.36. The summed E-state index contributed by atoms with van der Waals surface area (Å²) in [6, 6.07) is 13.3. The van der Waals surface area contributed by atoms with E-state index >= 15 is 0 Å². The molecule has 0 aliphatic heterocycles. The van der Waals surface area contributed by atoms with Gasteiger partial charge < -0.3 is 0 Å². The molecule has 134 valence electrons. The smallest absolute Gasteiger partial charge is 0.207 e. The lowest BCUT2D eigenvalue weighted by molar-refractivity contribution is 0.578. The molecule has 0 saturated heterocycles. The molecule has 0 unspecified atom stereocenters. The molecule has 0 bridgehead atoms. The molecule has 0 atom stereocenters. The Morgan fingerprint density at radius 2 is 2.07 bits per heavy atom. The number of thiophene rings is 1. The second-order valence-electron chi connectivity index (χ2n) is 5.58. The zero-order valence-corrected chi connectivity index (χ0v) is 15.4. The molecule has 4 aromatic rings. The minimum atomic E-state index is -3.80. The van der Waals surface area contributed by atoms with Gasteiger partial charge in [-0.1, -0.05) is 6.07 Å². The van der Waals surface area contributed by atoms with Crippen molar-refractivity contribution in [3.8, 4) is 17.3 Å². The van der Waals surface area contributed by atoms with Crippen LogP contribution in [0.4, 0.5) is 0 Å². The van der Waals surface area contributed by atoms with E-state index in [1.807, 2.05) is 29.0 Å². The number of nitriles is 1. The van der Waals surface area contributed by atoms with Crippen molar-refractivity contribution in [1.29, 1.82) is 5.26 Å². The fraction of sp³-hybridized carbons (Fsp3) is 0.0588. The van der Waals surface area contributed by atoms with Crippen molar-refractivity contribution in [2.75, 3.05) is 0 Å². The van der Waals surface area contributed by atoms with Crippen LogP contribution in [0.25, 0.3) is 16.9 Å². The highest BCUT2D eigenvalue weighted by molar-refractivity contribution is 7.89. The summed E-state index contributed by atoms with van der Waals surface area (Å²) >= 11 is 1.57. The fourth-order valence-corrected chi connectivity index (χ4v) is 4.16. The predicted octanol–water partition coefficient (Wildman–Crippen LogP) is 2.20. The number of hydrogen-bond donors (Lipinski definition) is 1. The molecule has 1 N–H and O–H groups in total. The molecule has 3 aromatic heterocycles. The van der Waals surface area contributed by atoms with Crippen LogP contribution < -0.4 is 4.72 Å². The van der Waals surface area contributed by atoms with Gasteiger partial charge in [0, 0.05) is 10.9 Å². The highest BCUT2D eigenvalue weighted by Crippen LogP contribution is 2.20. The predicted molar refractivity (Wildman–Crippen MR) is 99.3 cm³/mol. The molecule has 27 heavy (non-hydrogen) atoms. The molecule has 8 nitrogen and oxygen atoms in total. The summed E-state index contributed by atoms with van der Waals surface area (Å²) in [4.78, 5) is 0.0160. The van der Waals surface area contributed by atoms with E-state index in [0.29, 0.717) is 11.5 Å². The van der Waals surface area contributed by atoms with Crippen LogP contribution in [0.2, 0.25) is 0 Å². The van der Waals surface area contributed by atoms with E-state index in [1.54, 1.807) is 23.5 Å². The van der Waals surface area contributed by atoms with Crippen LogP contribution in [0.5, 0.6) is 0 Å². The second-order valence-corrected chi connectivity index (χ2v) is 8.13. The number of fused-ring (bicyclic) bond motifs is 1. The molecule has 4 rings (SSSR count). The molecule has 0 spiro atoms. The number of nitrogens with zero attached hydrogens (tertiary/aromatic N) is 5.